The van der Waals surface area contributed by atoms with Gasteiger partial charge in [0, 0.05) is 44.3 Å². The number of para-hydroxylation sites is 6. The van der Waals surface area contributed by atoms with Crippen molar-refractivity contribution in [2.24, 2.45) is 0 Å². The van der Waals surface area contributed by atoms with Crippen molar-refractivity contribution in [3.8, 4) is 22.3 Å². The van der Waals surface area contributed by atoms with Gasteiger partial charge >= 0.3 is 0 Å². The maximum Gasteiger partial charge on any atom is 0.159 e. The summed E-state index contributed by atoms with van der Waals surface area (Å²) in [5.41, 5.74) is 16.1. The Morgan fingerprint density at radius 2 is 0.637 bits per heavy atom. The number of benzene rings is 12. The highest BCUT2D eigenvalue weighted by atomic mass is 16.3. The Labute approximate surface area is 476 Å². The molecular formula is C76H46N2O2. The van der Waals surface area contributed by atoms with E-state index in [1.54, 1.807) is 9.80 Å². The van der Waals surface area contributed by atoms with Gasteiger partial charge in [-0.15, -0.1) is 0 Å². The maximum absolute atomic E-state index is 9.68. The number of allylic oxidation sites excluding steroid dienone is 2. The van der Waals surface area contributed by atoms with E-state index >= 15 is 0 Å². The number of fused-ring (bicyclic) bond motifs is 24. The molecule has 2 heterocycles. The summed E-state index contributed by atoms with van der Waals surface area (Å²) in [4.78, 5) is 3.56. The Morgan fingerprint density at radius 1 is 0.287 bits per heavy atom. The number of hydrogen-bond donors (Lipinski definition) is 0. The first-order valence-corrected chi connectivity index (χ1v) is 26.8. The van der Waals surface area contributed by atoms with Gasteiger partial charge < -0.3 is 18.6 Å². The zero-order valence-corrected chi connectivity index (χ0v) is 42.5. The smallest absolute Gasteiger partial charge is 0.159 e. The van der Waals surface area contributed by atoms with Gasteiger partial charge in [0.25, 0.3) is 0 Å². The molecule has 4 aliphatic carbocycles. The van der Waals surface area contributed by atoms with Crippen LogP contribution in [0.1, 0.15) is 58.2 Å². The molecule has 0 atom stereocenters. The fraction of sp³-hybridized carbons (Fsp3) is 0.0263. The third-order valence-electron chi connectivity index (χ3n) is 17.4. The molecule has 0 amide bonds. The van der Waals surface area contributed by atoms with E-state index in [0.29, 0.717) is 45.1 Å². The van der Waals surface area contributed by atoms with Crippen molar-refractivity contribution >= 4 is 89.1 Å². The molecule has 0 radical (unpaired) electrons. The minimum absolute atomic E-state index is 0.0383. The fourth-order valence-electron chi connectivity index (χ4n) is 14.6. The summed E-state index contributed by atoms with van der Waals surface area (Å²) in [7, 11) is 0. The molecule has 0 saturated carbocycles. The van der Waals surface area contributed by atoms with Gasteiger partial charge in [0.15, 0.2) is 11.2 Å². The van der Waals surface area contributed by atoms with Crippen LogP contribution >= 0.6 is 0 Å². The Morgan fingerprint density at radius 3 is 1.04 bits per heavy atom. The second-order valence-electron chi connectivity index (χ2n) is 21.0. The van der Waals surface area contributed by atoms with Crippen molar-refractivity contribution in [1.29, 1.82) is 0 Å². The first-order valence-electron chi connectivity index (χ1n) is 31.8. The van der Waals surface area contributed by atoms with Crippen molar-refractivity contribution in [1.82, 2.24) is 0 Å². The average molecular weight is 1030 g/mol. The van der Waals surface area contributed by atoms with Crippen molar-refractivity contribution in [2.45, 2.75) is 10.8 Å². The molecule has 0 saturated heterocycles. The largest absolute Gasteiger partial charge is 0.454 e. The van der Waals surface area contributed by atoms with Crippen LogP contribution in [-0.2, 0) is 10.8 Å². The van der Waals surface area contributed by atoms with Gasteiger partial charge in [0.2, 0.25) is 0 Å². The summed E-state index contributed by atoms with van der Waals surface area (Å²) in [6.45, 7) is 0. The fourth-order valence-corrected chi connectivity index (χ4v) is 14.6. The average Bonchev–Trinajstić information content (AvgIpc) is 1.46. The summed E-state index contributed by atoms with van der Waals surface area (Å²) in [5.74, 6) is 0. The maximum atomic E-state index is 9.68. The second kappa shape index (κ2) is 16.1. The highest BCUT2D eigenvalue weighted by molar-refractivity contribution is 6.20. The standard InChI is InChI=1S/C76H46N2O2/c1-3-21-47(22-4-1)77(67-37-19-31-57-55-29-11-17-39-69(55)79-73(57)67)49-41-43-59-65(45-49)75(61-33-13-7-25-51(61)52-26-8-14-34-62(52)75)72-60-44-42-50(46-66(60)76(71(59)72)63-35-15-9-27-53(63)54-28-10-16-36-64(54)76)78(48-23-5-2-6-24-48)68-38-20-32-58-56-30-12-18-40-70(56)80-74(58)68/h1-46H/i1D,2D,3D,4D,5D,6D,21D,22D,23D,24D. The normalized spacial score (nSPS) is 16.1. The molecule has 0 fully saturated rings. The molecular weight excluding hydrogens is 973 g/mol. The Balaban J connectivity index is 0.976. The van der Waals surface area contributed by atoms with Gasteiger partial charge in [0.1, 0.15) is 11.2 Å². The summed E-state index contributed by atoms with van der Waals surface area (Å²) in [6, 6.07) is 69.5. The van der Waals surface area contributed by atoms with Crippen molar-refractivity contribution in [2.75, 3.05) is 9.80 Å². The summed E-state index contributed by atoms with van der Waals surface area (Å²) < 4.78 is 106. The minimum Gasteiger partial charge on any atom is -0.454 e. The Kier molecular flexibility index (Phi) is 7.05. The van der Waals surface area contributed by atoms with Crippen molar-refractivity contribution < 1.29 is 22.5 Å². The van der Waals surface area contributed by atoms with E-state index < -0.39 is 47.1 Å². The van der Waals surface area contributed by atoms with Gasteiger partial charge in [-0.1, -0.05) is 206 Å². The van der Waals surface area contributed by atoms with Gasteiger partial charge in [-0.05, 0) is 151 Å². The Hall–Kier alpha value is -10.4. The second-order valence-corrected chi connectivity index (χ2v) is 21.0. The predicted molar refractivity (Wildman–Crippen MR) is 327 cm³/mol. The Bertz CT molecular complexity index is 5130. The van der Waals surface area contributed by atoms with Gasteiger partial charge in [-0.2, -0.15) is 0 Å². The van der Waals surface area contributed by atoms with Crippen LogP contribution in [0.2, 0.25) is 0 Å². The lowest BCUT2D eigenvalue weighted by molar-refractivity contribution is 0.668. The molecule has 14 aromatic rings. The predicted octanol–water partition coefficient (Wildman–Crippen LogP) is 20.0. The highest BCUT2D eigenvalue weighted by Gasteiger charge is 2.63. The van der Waals surface area contributed by atoms with Gasteiger partial charge in [0.05, 0.1) is 35.9 Å². The van der Waals surface area contributed by atoms with E-state index in [1.165, 1.54) is 0 Å². The third kappa shape index (κ3) is 5.49. The SMILES string of the molecule is [2H]c1c([2H])c([2H])c(N(c2ccc3c(c2)C2(C4=C3C3(c5cc(N(c6c([2H])c([2H])c([2H])c([2H])c6[2H])c6cccc7c6oc6ccccc67)ccc54)c4ccccc4-c4ccccc43)c3ccccc3-c3ccccc32)c2cccc3c2oc2ccccc23)c([2H])c1[2H]. The molecule has 2 aromatic heterocycles. The molecule has 4 aliphatic rings. The topological polar surface area (TPSA) is 32.8 Å². The van der Waals surface area contributed by atoms with Crippen LogP contribution in [0.25, 0.3) is 77.3 Å². The van der Waals surface area contributed by atoms with Crippen LogP contribution < -0.4 is 9.80 Å². The van der Waals surface area contributed by atoms with E-state index in [9.17, 15) is 5.48 Å². The molecule has 2 spiro atoms. The van der Waals surface area contributed by atoms with Crippen molar-refractivity contribution in [3.63, 3.8) is 0 Å². The van der Waals surface area contributed by atoms with Crippen LogP contribution in [0.4, 0.5) is 34.1 Å². The van der Waals surface area contributed by atoms with Crippen LogP contribution in [0, 0.1) is 0 Å². The van der Waals surface area contributed by atoms with Crippen LogP contribution in [0.15, 0.2) is 288 Å². The number of anilines is 6. The summed E-state index contributed by atoms with van der Waals surface area (Å²) in [6.07, 6.45) is 0. The lowest BCUT2D eigenvalue weighted by Gasteiger charge is -2.36. The van der Waals surface area contributed by atoms with Crippen LogP contribution in [-0.4, -0.2) is 0 Å². The first-order chi connectivity index (χ1) is 43.8. The molecule has 18 rings (SSSR count). The zero-order valence-electron chi connectivity index (χ0n) is 52.5. The van der Waals surface area contributed by atoms with Crippen LogP contribution in [0.3, 0.4) is 0 Å². The monoisotopic (exact) mass is 1030 g/mol. The molecule has 372 valence electrons. The molecule has 4 nitrogen and oxygen atoms in total. The van der Waals surface area contributed by atoms with Crippen molar-refractivity contribution in [3.05, 3.63) is 323 Å². The molecule has 0 unspecified atom stereocenters. The van der Waals surface area contributed by atoms with Gasteiger partial charge in [-0.25, -0.2) is 0 Å². The zero-order chi connectivity index (χ0) is 61.0. The van der Waals surface area contributed by atoms with E-state index in [0.717, 1.165) is 99.5 Å². The minimum atomic E-state index is -1.08. The van der Waals surface area contributed by atoms with E-state index in [-0.39, 0.29) is 35.5 Å². The quantitative estimate of drug-likeness (QED) is 0.166. The molecule has 0 bridgehead atoms. The van der Waals surface area contributed by atoms with E-state index in [2.05, 4.69) is 121 Å². The third-order valence-corrected chi connectivity index (χ3v) is 17.4. The molecule has 4 heteroatoms. The lowest BCUT2D eigenvalue weighted by Crippen LogP contribution is -2.29. The molecule has 12 aromatic carbocycles. The number of hydrogen-bond acceptors (Lipinski definition) is 4. The van der Waals surface area contributed by atoms with E-state index in [1.807, 2.05) is 97.1 Å². The van der Waals surface area contributed by atoms with Gasteiger partial charge in [-0.3, -0.25) is 0 Å². The number of furan rings is 2. The van der Waals surface area contributed by atoms with Crippen LogP contribution in [0.5, 0.6) is 0 Å². The first kappa shape index (κ1) is 35.1. The van der Waals surface area contributed by atoms with E-state index in [4.69, 9.17) is 17.1 Å². The molecule has 0 N–H and O–H groups in total. The summed E-state index contributed by atoms with van der Waals surface area (Å²) in [5, 5.41) is 3.34. The summed E-state index contributed by atoms with van der Waals surface area (Å²) >= 11 is 0. The highest BCUT2D eigenvalue weighted by Crippen LogP contribution is 2.75. The number of nitrogens with zero attached hydrogens (tertiary/aromatic N) is 2. The lowest BCUT2D eigenvalue weighted by atomic mass is 9.66. The molecule has 0 aliphatic heterocycles. The molecule has 80 heavy (non-hydrogen) atoms. The number of rotatable bonds is 6.